The number of fused-ring (bicyclic) bond motifs is 1. The van der Waals surface area contributed by atoms with E-state index in [1.165, 1.54) is 27.0 Å². The number of nitrogens with one attached hydrogen (secondary N) is 1. The van der Waals surface area contributed by atoms with E-state index in [4.69, 9.17) is 22.7 Å². The summed E-state index contributed by atoms with van der Waals surface area (Å²) < 4.78 is 30.8. The third kappa shape index (κ3) is 5.04. The minimum absolute atomic E-state index is 0.0120. The first kappa shape index (κ1) is 25.9. The molecule has 1 fully saturated rings. The molecular formula is C26H25ClN4O3S3. The standard InChI is InChI=1S/C26H25ClN4O3S3/c1-16-20-12-19(27)7-8-22(20)36-26(16)37(33,34)31(14-17-5-3-2-4-6-17)21-9-10-30(25(21)32)13-18-11-23(24(28)29)35-15-18/h2-8,11-12,15,21H,9-10,13-14H2,1H3,(H3,28,29). The Morgan fingerprint density at radius 2 is 1.95 bits per heavy atom. The van der Waals surface area contributed by atoms with Gasteiger partial charge in [0.2, 0.25) is 5.91 Å². The van der Waals surface area contributed by atoms with E-state index >= 15 is 0 Å². The van der Waals surface area contributed by atoms with Crippen LogP contribution in [-0.2, 0) is 27.9 Å². The Labute approximate surface area is 228 Å². The van der Waals surface area contributed by atoms with Crippen LogP contribution in [0.1, 0.15) is 28.0 Å². The fraction of sp³-hybridized carbons (Fsp3) is 0.231. The van der Waals surface area contributed by atoms with Crippen molar-refractivity contribution in [3.05, 3.63) is 86.6 Å². The summed E-state index contributed by atoms with van der Waals surface area (Å²) in [5, 5.41) is 10.8. The molecule has 2 aromatic carbocycles. The molecule has 1 saturated heterocycles. The summed E-state index contributed by atoms with van der Waals surface area (Å²) in [7, 11) is -4.01. The van der Waals surface area contributed by atoms with Crippen LogP contribution in [0.4, 0.5) is 0 Å². The zero-order valence-electron chi connectivity index (χ0n) is 20.0. The number of carbonyl (C=O) groups is 1. The van der Waals surface area contributed by atoms with E-state index in [0.29, 0.717) is 35.0 Å². The average Bonchev–Trinajstić information content (AvgIpc) is 3.57. The number of nitrogens with zero attached hydrogens (tertiary/aromatic N) is 2. The number of aryl methyl sites for hydroxylation is 1. The Morgan fingerprint density at radius 3 is 2.65 bits per heavy atom. The quantitative estimate of drug-likeness (QED) is 0.223. The largest absolute Gasteiger partial charge is 0.383 e. The van der Waals surface area contributed by atoms with E-state index < -0.39 is 16.1 Å². The number of thiophene rings is 2. The Balaban J connectivity index is 1.49. The van der Waals surface area contributed by atoms with Gasteiger partial charge in [-0.2, -0.15) is 4.31 Å². The van der Waals surface area contributed by atoms with Crippen molar-refractivity contribution >= 4 is 66.1 Å². The number of likely N-dealkylation sites (tertiary alicyclic amines) is 1. The second-order valence-corrected chi connectivity index (χ2v) is 13.5. The summed E-state index contributed by atoms with van der Waals surface area (Å²) in [6, 6.07) is 15.7. The number of nitrogen functional groups attached to an aromatic ring is 1. The molecule has 0 saturated carbocycles. The highest BCUT2D eigenvalue weighted by molar-refractivity contribution is 7.91. The minimum Gasteiger partial charge on any atom is -0.383 e. The van der Waals surface area contributed by atoms with Crippen molar-refractivity contribution in [1.82, 2.24) is 9.21 Å². The molecule has 1 amide bonds. The smallest absolute Gasteiger partial charge is 0.253 e. The molecule has 0 radical (unpaired) electrons. The molecule has 192 valence electrons. The van der Waals surface area contributed by atoms with Crippen molar-refractivity contribution < 1.29 is 13.2 Å². The van der Waals surface area contributed by atoms with E-state index in [1.807, 2.05) is 41.8 Å². The number of amidine groups is 1. The second kappa shape index (κ2) is 10.2. The van der Waals surface area contributed by atoms with Crippen LogP contribution in [0.3, 0.4) is 0 Å². The van der Waals surface area contributed by atoms with Crippen LogP contribution in [0.25, 0.3) is 10.1 Å². The van der Waals surface area contributed by atoms with Gasteiger partial charge in [0.25, 0.3) is 10.0 Å². The lowest BCUT2D eigenvalue weighted by molar-refractivity contribution is -0.131. The molecule has 7 nitrogen and oxygen atoms in total. The summed E-state index contributed by atoms with van der Waals surface area (Å²) in [5.74, 6) is -0.237. The Hall–Kier alpha value is -2.76. The van der Waals surface area contributed by atoms with Crippen LogP contribution < -0.4 is 5.73 Å². The minimum atomic E-state index is -4.01. The molecule has 1 aliphatic rings. The molecule has 37 heavy (non-hydrogen) atoms. The van der Waals surface area contributed by atoms with Crippen molar-refractivity contribution in [2.45, 2.75) is 36.7 Å². The normalized spacial score (nSPS) is 16.2. The van der Waals surface area contributed by atoms with E-state index in [0.717, 1.165) is 21.2 Å². The number of rotatable bonds is 8. The van der Waals surface area contributed by atoms with Gasteiger partial charge in [-0.3, -0.25) is 10.2 Å². The van der Waals surface area contributed by atoms with Gasteiger partial charge in [-0.15, -0.1) is 22.7 Å². The summed E-state index contributed by atoms with van der Waals surface area (Å²) in [6.45, 7) is 2.67. The molecule has 4 aromatic rings. The third-order valence-corrected chi connectivity index (χ3v) is 11.5. The van der Waals surface area contributed by atoms with Crippen molar-refractivity contribution in [3.63, 3.8) is 0 Å². The zero-order chi connectivity index (χ0) is 26.3. The molecule has 11 heteroatoms. The molecule has 5 rings (SSSR count). The number of benzene rings is 2. The number of amides is 1. The number of carbonyl (C=O) groups excluding carboxylic acids is 1. The monoisotopic (exact) mass is 572 g/mol. The number of sulfonamides is 1. The van der Waals surface area contributed by atoms with E-state index in [-0.39, 0.29) is 22.5 Å². The van der Waals surface area contributed by atoms with Gasteiger partial charge < -0.3 is 10.6 Å². The molecule has 1 unspecified atom stereocenters. The fourth-order valence-electron chi connectivity index (χ4n) is 4.62. The van der Waals surface area contributed by atoms with Gasteiger partial charge in [-0.05, 0) is 65.1 Å². The van der Waals surface area contributed by atoms with Gasteiger partial charge in [0.05, 0.1) is 4.88 Å². The maximum absolute atomic E-state index is 14.2. The second-order valence-electron chi connectivity index (χ2n) is 8.99. The highest BCUT2D eigenvalue weighted by Crippen LogP contribution is 2.39. The van der Waals surface area contributed by atoms with Crippen LogP contribution in [0.5, 0.6) is 0 Å². The Kier molecular flexibility index (Phi) is 7.12. The highest BCUT2D eigenvalue weighted by atomic mass is 35.5. The van der Waals surface area contributed by atoms with Crippen molar-refractivity contribution in [2.24, 2.45) is 5.73 Å². The van der Waals surface area contributed by atoms with E-state index in [2.05, 4.69) is 0 Å². The first-order valence-corrected chi connectivity index (χ1v) is 15.1. The van der Waals surface area contributed by atoms with Crippen LogP contribution in [0, 0.1) is 12.3 Å². The van der Waals surface area contributed by atoms with Crippen LogP contribution in [0.2, 0.25) is 5.02 Å². The fourth-order valence-corrected chi connectivity index (χ4v) is 9.01. The summed E-state index contributed by atoms with van der Waals surface area (Å²) >= 11 is 8.74. The van der Waals surface area contributed by atoms with Crippen molar-refractivity contribution in [3.8, 4) is 0 Å². The van der Waals surface area contributed by atoms with Gasteiger partial charge in [0.1, 0.15) is 16.1 Å². The SMILES string of the molecule is Cc1c(S(=O)(=O)N(Cc2ccccc2)C2CCN(Cc3csc(C(=N)N)c3)C2=O)sc2ccc(Cl)cc12. The van der Waals surface area contributed by atoms with Crippen molar-refractivity contribution in [1.29, 1.82) is 5.41 Å². The Morgan fingerprint density at radius 1 is 1.19 bits per heavy atom. The van der Waals surface area contributed by atoms with E-state index in [1.54, 1.807) is 30.0 Å². The maximum Gasteiger partial charge on any atom is 0.253 e. The Bertz CT molecular complexity index is 1600. The molecule has 3 heterocycles. The van der Waals surface area contributed by atoms with E-state index in [9.17, 15) is 13.2 Å². The van der Waals surface area contributed by atoms with Crippen molar-refractivity contribution in [2.75, 3.05) is 6.54 Å². The first-order valence-electron chi connectivity index (χ1n) is 11.6. The molecule has 1 aliphatic heterocycles. The lowest BCUT2D eigenvalue weighted by atomic mass is 10.2. The molecule has 1 atom stereocenters. The lowest BCUT2D eigenvalue weighted by Gasteiger charge is -2.27. The topological polar surface area (TPSA) is 108 Å². The van der Waals surface area contributed by atoms with Gasteiger partial charge in [-0.1, -0.05) is 41.9 Å². The summed E-state index contributed by atoms with van der Waals surface area (Å²) in [6.07, 6.45) is 0.393. The molecular weight excluding hydrogens is 548 g/mol. The molecule has 2 aromatic heterocycles. The molecule has 0 spiro atoms. The van der Waals surface area contributed by atoms with Gasteiger partial charge >= 0.3 is 0 Å². The molecule has 0 aliphatic carbocycles. The summed E-state index contributed by atoms with van der Waals surface area (Å²) in [4.78, 5) is 15.9. The third-order valence-electron chi connectivity index (χ3n) is 6.49. The van der Waals surface area contributed by atoms with Gasteiger partial charge in [0.15, 0.2) is 0 Å². The predicted octanol–water partition coefficient (Wildman–Crippen LogP) is 5.20. The number of hydrogen-bond donors (Lipinski definition) is 2. The molecule has 3 N–H and O–H groups in total. The number of halogens is 1. The maximum atomic E-state index is 14.2. The number of nitrogens with two attached hydrogens (primary N) is 1. The highest BCUT2D eigenvalue weighted by Gasteiger charge is 2.43. The van der Waals surface area contributed by atoms with Gasteiger partial charge in [-0.25, -0.2) is 8.42 Å². The average molecular weight is 573 g/mol. The predicted molar refractivity (Wildman–Crippen MR) is 150 cm³/mol. The first-order chi connectivity index (χ1) is 17.6. The lowest BCUT2D eigenvalue weighted by Crippen LogP contribution is -2.44. The number of hydrogen-bond acceptors (Lipinski definition) is 6. The van der Waals surface area contributed by atoms with Crippen LogP contribution >= 0.6 is 34.3 Å². The summed E-state index contributed by atoms with van der Waals surface area (Å²) in [5.41, 5.74) is 7.90. The molecule has 0 bridgehead atoms. The van der Waals surface area contributed by atoms with Crippen LogP contribution in [0.15, 0.2) is 64.2 Å². The zero-order valence-corrected chi connectivity index (χ0v) is 23.2. The van der Waals surface area contributed by atoms with Gasteiger partial charge in [0, 0.05) is 29.4 Å². The van der Waals surface area contributed by atoms with Crippen LogP contribution in [-0.4, -0.2) is 42.0 Å².